The molecule has 0 spiro atoms. The number of amides is 1. The number of hydrogen-bond acceptors (Lipinski definition) is 5. The lowest BCUT2D eigenvalue weighted by atomic mass is 9.88. The third kappa shape index (κ3) is 4.75. The van der Waals surface area contributed by atoms with Crippen LogP contribution in [0.3, 0.4) is 0 Å². The van der Waals surface area contributed by atoms with Crippen molar-refractivity contribution in [2.45, 2.75) is 71.5 Å². The molecule has 1 atom stereocenters. The molecule has 1 saturated heterocycles. The summed E-state index contributed by atoms with van der Waals surface area (Å²) in [6, 6.07) is 3.84. The van der Waals surface area contributed by atoms with Gasteiger partial charge in [-0.1, -0.05) is 12.8 Å². The second-order valence-corrected chi connectivity index (χ2v) is 9.43. The van der Waals surface area contributed by atoms with E-state index >= 15 is 0 Å². The molecule has 2 aliphatic heterocycles. The largest absolute Gasteiger partial charge is 0.487 e. The molecule has 0 aliphatic carbocycles. The number of hydrogen-bond donors (Lipinski definition) is 1. The number of aryl methyl sites for hydroxylation is 1. The Labute approximate surface area is 185 Å². The van der Waals surface area contributed by atoms with Gasteiger partial charge in [0, 0.05) is 42.6 Å². The van der Waals surface area contributed by atoms with Gasteiger partial charge in [-0.2, -0.15) is 0 Å². The maximum absolute atomic E-state index is 12.9. The molecule has 1 aromatic heterocycles. The summed E-state index contributed by atoms with van der Waals surface area (Å²) in [6.45, 7) is 12.5. The van der Waals surface area contributed by atoms with Gasteiger partial charge in [0.2, 0.25) is 0 Å². The van der Waals surface area contributed by atoms with Crippen LogP contribution in [0.1, 0.15) is 80.7 Å². The van der Waals surface area contributed by atoms with Crippen molar-refractivity contribution in [3.63, 3.8) is 0 Å². The van der Waals surface area contributed by atoms with Crippen LogP contribution in [0, 0.1) is 6.92 Å². The van der Waals surface area contributed by atoms with Crippen LogP contribution < -0.4 is 10.1 Å². The molecule has 0 bridgehead atoms. The molecule has 0 radical (unpaired) electrons. The van der Waals surface area contributed by atoms with Gasteiger partial charge in [0.15, 0.2) is 5.76 Å². The number of benzene rings is 1. The van der Waals surface area contributed by atoms with Crippen LogP contribution in [0.15, 0.2) is 16.5 Å². The zero-order valence-corrected chi connectivity index (χ0v) is 19.4. The van der Waals surface area contributed by atoms with Crippen molar-refractivity contribution in [3.8, 4) is 5.75 Å². The van der Waals surface area contributed by atoms with Crippen LogP contribution >= 0.6 is 0 Å². The summed E-state index contributed by atoms with van der Waals surface area (Å²) in [5, 5.41) is 4.01. The topological polar surface area (TPSA) is 63.9 Å². The first-order valence-corrected chi connectivity index (χ1v) is 11.8. The molecule has 170 valence electrons. The van der Waals surface area contributed by atoms with E-state index in [2.05, 4.69) is 24.1 Å². The highest BCUT2D eigenvalue weighted by molar-refractivity contribution is 6.00. The van der Waals surface area contributed by atoms with E-state index < -0.39 is 0 Å². The summed E-state index contributed by atoms with van der Waals surface area (Å²) >= 11 is 0. The fourth-order valence-electron chi connectivity index (χ4n) is 4.98. The molecule has 3 heterocycles. The summed E-state index contributed by atoms with van der Waals surface area (Å²) in [6.07, 6.45) is 5.81. The molecule has 31 heavy (non-hydrogen) atoms. The van der Waals surface area contributed by atoms with E-state index in [-0.39, 0.29) is 17.6 Å². The second-order valence-electron chi connectivity index (χ2n) is 9.43. The number of nitrogens with one attached hydrogen (secondary N) is 1. The van der Waals surface area contributed by atoms with Gasteiger partial charge in [-0.25, -0.2) is 0 Å². The summed E-state index contributed by atoms with van der Waals surface area (Å²) < 4.78 is 18.4. The standard InChI is InChI=1S/C25H36N2O4/c1-5-29-20-16-25(3,4)31-19-11-10-18-21(22(19)20)17(2)23(30-18)24(28)26-12-15-27-13-8-6-7-9-14-27/h10-11,20H,5-9,12-16H2,1-4H3,(H,26,28). The SMILES string of the molecule is CCOC1CC(C)(C)Oc2ccc3oc(C(=O)NCCN4CCCCCC4)c(C)c3c21. The summed E-state index contributed by atoms with van der Waals surface area (Å²) in [4.78, 5) is 15.4. The number of furan rings is 1. The Balaban J connectivity index is 1.55. The van der Waals surface area contributed by atoms with Gasteiger partial charge in [0.25, 0.3) is 5.91 Å². The third-order valence-electron chi connectivity index (χ3n) is 6.47. The summed E-state index contributed by atoms with van der Waals surface area (Å²) in [7, 11) is 0. The van der Waals surface area contributed by atoms with Gasteiger partial charge >= 0.3 is 0 Å². The minimum absolute atomic E-state index is 0.0808. The highest BCUT2D eigenvalue weighted by atomic mass is 16.5. The van der Waals surface area contributed by atoms with Crippen molar-refractivity contribution in [3.05, 3.63) is 29.0 Å². The molecular weight excluding hydrogens is 392 g/mol. The molecular formula is C25H36N2O4. The number of likely N-dealkylation sites (tertiary alicyclic amines) is 1. The van der Waals surface area contributed by atoms with Gasteiger partial charge in [-0.3, -0.25) is 4.79 Å². The van der Waals surface area contributed by atoms with Crippen LogP contribution in [-0.2, 0) is 4.74 Å². The molecule has 2 aromatic rings. The van der Waals surface area contributed by atoms with Crippen molar-refractivity contribution in [2.75, 3.05) is 32.8 Å². The van der Waals surface area contributed by atoms with Crippen molar-refractivity contribution in [1.29, 1.82) is 0 Å². The van der Waals surface area contributed by atoms with Crippen LogP contribution in [0.2, 0.25) is 0 Å². The molecule has 1 fully saturated rings. The van der Waals surface area contributed by atoms with Crippen molar-refractivity contribution in [1.82, 2.24) is 10.2 Å². The van der Waals surface area contributed by atoms with E-state index in [1.165, 1.54) is 25.7 Å². The Kier molecular flexibility index (Phi) is 6.58. The second kappa shape index (κ2) is 9.21. The predicted octanol–water partition coefficient (Wildman–Crippen LogP) is 4.99. The fourth-order valence-corrected chi connectivity index (χ4v) is 4.98. The first-order chi connectivity index (χ1) is 14.9. The summed E-state index contributed by atoms with van der Waals surface area (Å²) in [5.74, 6) is 1.06. The lowest BCUT2D eigenvalue weighted by Crippen LogP contribution is -2.36. The molecule has 4 rings (SSSR count). The van der Waals surface area contributed by atoms with Gasteiger partial charge in [0.05, 0.1) is 6.10 Å². The lowest BCUT2D eigenvalue weighted by Gasteiger charge is -2.37. The quantitative estimate of drug-likeness (QED) is 0.703. The van der Waals surface area contributed by atoms with Crippen molar-refractivity contribution >= 4 is 16.9 Å². The average molecular weight is 429 g/mol. The Morgan fingerprint density at radius 2 is 1.97 bits per heavy atom. The zero-order valence-electron chi connectivity index (χ0n) is 19.4. The molecule has 2 aliphatic rings. The molecule has 1 aromatic carbocycles. The Morgan fingerprint density at radius 1 is 1.23 bits per heavy atom. The Hall–Kier alpha value is -2.05. The number of fused-ring (bicyclic) bond motifs is 3. The Bertz CT molecular complexity index is 925. The number of ether oxygens (including phenoxy) is 2. The maximum Gasteiger partial charge on any atom is 0.287 e. The molecule has 6 heteroatoms. The smallest absolute Gasteiger partial charge is 0.287 e. The number of carbonyl (C=O) groups excluding carboxylic acids is 1. The van der Waals surface area contributed by atoms with Crippen molar-refractivity contribution < 1.29 is 18.7 Å². The highest BCUT2D eigenvalue weighted by Crippen LogP contribution is 2.46. The van der Waals surface area contributed by atoms with Crippen LogP contribution in [0.5, 0.6) is 5.75 Å². The number of rotatable bonds is 6. The monoisotopic (exact) mass is 428 g/mol. The summed E-state index contributed by atoms with van der Waals surface area (Å²) in [5.41, 5.74) is 2.27. The fraction of sp³-hybridized carbons (Fsp3) is 0.640. The van der Waals surface area contributed by atoms with Crippen molar-refractivity contribution in [2.24, 2.45) is 0 Å². The van der Waals surface area contributed by atoms with Gasteiger partial charge in [0.1, 0.15) is 16.9 Å². The van der Waals surface area contributed by atoms with E-state index in [4.69, 9.17) is 13.9 Å². The first kappa shape index (κ1) is 22.2. The Morgan fingerprint density at radius 3 is 2.68 bits per heavy atom. The molecule has 6 nitrogen and oxygen atoms in total. The normalized spacial score (nSPS) is 21.4. The number of carbonyl (C=O) groups is 1. The minimum Gasteiger partial charge on any atom is -0.487 e. The van der Waals surface area contributed by atoms with Crippen LogP contribution in [0.4, 0.5) is 0 Å². The lowest BCUT2D eigenvalue weighted by molar-refractivity contribution is -0.0264. The van der Waals surface area contributed by atoms with E-state index in [9.17, 15) is 4.79 Å². The van der Waals surface area contributed by atoms with Crippen LogP contribution in [-0.4, -0.2) is 49.2 Å². The molecule has 1 N–H and O–H groups in total. The van der Waals surface area contributed by atoms with Gasteiger partial charge < -0.3 is 24.1 Å². The predicted molar refractivity (Wildman–Crippen MR) is 122 cm³/mol. The van der Waals surface area contributed by atoms with E-state index in [0.29, 0.717) is 24.5 Å². The molecule has 1 amide bonds. The van der Waals surface area contributed by atoms with E-state index in [0.717, 1.165) is 48.3 Å². The van der Waals surface area contributed by atoms with E-state index in [1.54, 1.807) is 0 Å². The van der Waals surface area contributed by atoms with Gasteiger partial charge in [-0.05, 0) is 65.8 Å². The zero-order chi connectivity index (χ0) is 22.0. The molecule has 0 saturated carbocycles. The third-order valence-corrected chi connectivity index (χ3v) is 6.47. The molecule has 1 unspecified atom stereocenters. The number of nitrogens with zero attached hydrogens (tertiary/aromatic N) is 1. The highest BCUT2D eigenvalue weighted by Gasteiger charge is 2.37. The first-order valence-electron chi connectivity index (χ1n) is 11.8. The van der Waals surface area contributed by atoms with Gasteiger partial charge in [-0.15, -0.1) is 0 Å². The van der Waals surface area contributed by atoms with Crippen LogP contribution in [0.25, 0.3) is 11.0 Å². The van der Waals surface area contributed by atoms with E-state index in [1.807, 2.05) is 26.0 Å². The maximum atomic E-state index is 12.9. The average Bonchev–Trinajstić information content (AvgIpc) is 2.88. The minimum atomic E-state index is -0.300.